The Hall–Kier alpha value is -0.840. The first-order chi connectivity index (χ1) is 15.6. The van der Waals surface area contributed by atoms with Crippen LogP contribution in [-0.4, -0.2) is 53.6 Å². The van der Waals surface area contributed by atoms with Gasteiger partial charge >= 0.3 is 5.97 Å². The van der Waals surface area contributed by atoms with Crippen molar-refractivity contribution in [1.82, 2.24) is 9.80 Å². The van der Waals surface area contributed by atoms with Gasteiger partial charge in [0.05, 0.1) is 13.2 Å². The Kier molecular flexibility index (Phi) is 18.9. The third-order valence-corrected chi connectivity index (χ3v) is 7.34. The van der Waals surface area contributed by atoms with E-state index in [1.807, 2.05) is 11.8 Å². The average Bonchev–Trinajstić information content (AvgIpc) is 3.16. The molecule has 0 saturated carbocycles. The molecule has 0 N–H and O–H groups in total. The Morgan fingerprint density at radius 1 is 0.844 bits per heavy atom. The second kappa shape index (κ2) is 20.7. The van der Waals surface area contributed by atoms with Crippen molar-refractivity contribution in [2.75, 3.05) is 31.8 Å². The highest BCUT2D eigenvalue weighted by molar-refractivity contribution is 7.99. The van der Waals surface area contributed by atoms with Gasteiger partial charge in [-0.3, -0.25) is 4.79 Å². The Labute approximate surface area is 203 Å². The van der Waals surface area contributed by atoms with Gasteiger partial charge < -0.3 is 14.5 Å². The molecule has 0 amide bonds. The maximum Gasteiger partial charge on any atom is 0.302 e. The van der Waals surface area contributed by atoms with Crippen LogP contribution in [0.2, 0.25) is 0 Å². The van der Waals surface area contributed by atoms with Gasteiger partial charge in [-0.1, -0.05) is 103 Å². The minimum atomic E-state index is -0.172. The standard InChI is InChI=1S/C27H52N2O2S/c1-4-5-6-7-8-9-10-11-12-13-14-15-16-17-18-19-22-32-24-27(31-26(2)30)23-29-21-20-28(3)25-29/h20-21,27H,4-19,22-25H2,1-3H3. The van der Waals surface area contributed by atoms with E-state index in [9.17, 15) is 4.79 Å². The number of unbranched alkanes of at least 4 members (excludes halogenated alkanes) is 15. The Bertz CT molecular complexity index is 473. The summed E-state index contributed by atoms with van der Waals surface area (Å²) in [7, 11) is 2.06. The van der Waals surface area contributed by atoms with Crippen molar-refractivity contribution in [3.63, 3.8) is 0 Å². The largest absolute Gasteiger partial charge is 0.460 e. The summed E-state index contributed by atoms with van der Waals surface area (Å²) in [4.78, 5) is 15.8. The van der Waals surface area contributed by atoms with Crippen LogP contribution in [0, 0.1) is 0 Å². The van der Waals surface area contributed by atoms with Crippen LogP contribution in [-0.2, 0) is 9.53 Å². The normalized spacial score (nSPS) is 14.3. The summed E-state index contributed by atoms with van der Waals surface area (Å²) in [5.41, 5.74) is 0. The number of hydrogen-bond donors (Lipinski definition) is 0. The number of thioether (sulfide) groups is 1. The van der Waals surface area contributed by atoms with E-state index >= 15 is 0 Å². The molecule has 1 atom stereocenters. The lowest BCUT2D eigenvalue weighted by molar-refractivity contribution is -0.145. The molecular formula is C27H52N2O2S. The number of nitrogens with zero attached hydrogens (tertiary/aromatic N) is 2. The maximum atomic E-state index is 11.4. The molecule has 0 spiro atoms. The highest BCUT2D eigenvalue weighted by Gasteiger charge is 2.18. The molecule has 0 aromatic carbocycles. The minimum absolute atomic E-state index is 0.0188. The summed E-state index contributed by atoms with van der Waals surface area (Å²) in [6, 6.07) is 0. The van der Waals surface area contributed by atoms with E-state index in [2.05, 4.69) is 36.2 Å². The first kappa shape index (κ1) is 29.2. The van der Waals surface area contributed by atoms with Gasteiger partial charge in [-0.15, -0.1) is 0 Å². The SMILES string of the molecule is CCCCCCCCCCCCCCCCCCSCC(CN1C=CN(C)C1)OC(C)=O. The molecule has 1 heterocycles. The lowest BCUT2D eigenvalue weighted by Gasteiger charge is -2.24. The number of rotatable bonds is 22. The predicted molar refractivity (Wildman–Crippen MR) is 141 cm³/mol. The van der Waals surface area contributed by atoms with Crippen LogP contribution in [0.1, 0.15) is 117 Å². The molecule has 32 heavy (non-hydrogen) atoms. The van der Waals surface area contributed by atoms with Crippen LogP contribution in [0.5, 0.6) is 0 Å². The van der Waals surface area contributed by atoms with Crippen LogP contribution in [0.25, 0.3) is 0 Å². The van der Waals surface area contributed by atoms with E-state index < -0.39 is 0 Å². The van der Waals surface area contributed by atoms with Gasteiger partial charge in [-0.05, 0) is 12.2 Å². The van der Waals surface area contributed by atoms with Gasteiger partial charge in [-0.25, -0.2) is 0 Å². The van der Waals surface area contributed by atoms with Crippen molar-refractivity contribution in [2.24, 2.45) is 0 Å². The topological polar surface area (TPSA) is 32.8 Å². The smallest absolute Gasteiger partial charge is 0.302 e. The average molecular weight is 469 g/mol. The Morgan fingerprint density at radius 2 is 1.34 bits per heavy atom. The van der Waals surface area contributed by atoms with Crippen molar-refractivity contribution in [3.05, 3.63) is 12.4 Å². The number of ether oxygens (including phenoxy) is 1. The molecule has 1 unspecified atom stereocenters. The van der Waals surface area contributed by atoms with E-state index in [1.54, 1.807) is 0 Å². The molecule has 1 aliphatic heterocycles. The van der Waals surface area contributed by atoms with Gasteiger partial charge in [0.25, 0.3) is 0 Å². The van der Waals surface area contributed by atoms with E-state index in [0.717, 1.165) is 19.0 Å². The van der Waals surface area contributed by atoms with Gasteiger partial charge in [-0.2, -0.15) is 11.8 Å². The number of carbonyl (C=O) groups is 1. The van der Waals surface area contributed by atoms with Crippen LogP contribution < -0.4 is 0 Å². The second-order valence-electron chi connectivity index (χ2n) is 9.58. The zero-order chi connectivity index (χ0) is 23.3. The number of hydrogen-bond acceptors (Lipinski definition) is 5. The van der Waals surface area contributed by atoms with Crippen molar-refractivity contribution < 1.29 is 9.53 Å². The van der Waals surface area contributed by atoms with E-state index in [4.69, 9.17) is 4.74 Å². The minimum Gasteiger partial charge on any atom is -0.460 e. The van der Waals surface area contributed by atoms with E-state index in [0.29, 0.717) is 0 Å². The number of carbonyl (C=O) groups excluding carboxylic acids is 1. The van der Waals surface area contributed by atoms with Crippen LogP contribution in [0.3, 0.4) is 0 Å². The summed E-state index contributed by atoms with van der Waals surface area (Å²) in [6.45, 7) is 5.46. The molecule has 0 radical (unpaired) electrons. The third kappa shape index (κ3) is 17.7. The molecule has 5 heteroatoms. The van der Waals surface area contributed by atoms with Gasteiger partial charge in [0.2, 0.25) is 0 Å². The van der Waals surface area contributed by atoms with Crippen LogP contribution >= 0.6 is 11.8 Å². The molecule has 0 saturated heterocycles. The lowest BCUT2D eigenvalue weighted by Crippen LogP contribution is -2.34. The molecule has 0 aromatic rings. The summed E-state index contributed by atoms with van der Waals surface area (Å²) in [6.07, 6.45) is 26.7. The molecule has 0 bridgehead atoms. The number of esters is 1. The van der Waals surface area contributed by atoms with Crippen molar-refractivity contribution in [3.8, 4) is 0 Å². The first-order valence-electron chi connectivity index (χ1n) is 13.5. The zero-order valence-corrected chi connectivity index (χ0v) is 22.3. The molecule has 1 aliphatic rings. The molecule has 0 aliphatic carbocycles. The summed E-state index contributed by atoms with van der Waals surface area (Å²) in [5, 5.41) is 0. The van der Waals surface area contributed by atoms with E-state index in [-0.39, 0.29) is 12.1 Å². The fraction of sp³-hybridized carbons (Fsp3) is 0.889. The Balaban J connectivity index is 1.85. The fourth-order valence-corrected chi connectivity index (χ4v) is 5.31. The second-order valence-corrected chi connectivity index (χ2v) is 10.7. The zero-order valence-electron chi connectivity index (χ0n) is 21.5. The Morgan fingerprint density at radius 3 is 1.78 bits per heavy atom. The summed E-state index contributed by atoms with van der Waals surface area (Å²) < 4.78 is 5.53. The van der Waals surface area contributed by atoms with Crippen molar-refractivity contribution in [1.29, 1.82) is 0 Å². The monoisotopic (exact) mass is 468 g/mol. The quantitative estimate of drug-likeness (QED) is 0.121. The lowest BCUT2D eigenvalue weighted by atomic mass is 10.0. The first-order valence-corrected chi connectivity index (χ1v) is 14.6. The molecule has 0 aromatic heterocycles. The maximum absolute atomic E-state index is 11.4. The fourth-order valence-electron chi connectivity index (χ4n) is 4.29. The molecule has 0 fully saturated rings. The van der Waals surface area contributed by atoms with Crippen LogP contribution in [0.15, 0.2) is 12.4 Å². The molecule has 1 rings (SSSR count). The highest BCUT2D eigenvalue weighted by atomic mass is 32.2. The van der Waals surface area contributed by atoms with Gasteiger partial charge in [0, 0.05) is 32.1 Å². The van der Waals surface area contributed by atoms with E-state index in [1.165, 1.54) is 115 Å². The predicted octanol–water partition coefficient (Wildman–Crippen LogP) is 7.59. The molecule has 4 nitrogen and oxygen atoms in total. The van der Waals surface area contributed by atoms with Crippen molar-refractivity contribution in [2.45, 2.75) is 123 Å². The summed E-state index contributed by atoms with van der Waals surface area (Å²) in [5.74, 6) is 1.90. The molecule has 188 valence electrons. The highest BCUT2D eigenvalue weighted by Crippen LogP contribution is 2.16. The third-order valence-electron chi connectivity index (χ3n) is 6.15. The molecular weight excluding hydrogens is 416 g/mol. The summed E-state index contributed by atoms with van der Waals surface area (Å²) >= 11 is 1.93. The van der Waals surface area contributed by atoms with Crippen molar-refractivity contribution >= 4 is 17.7 Å². The van der Waals surface area contributed by atoms with Gasteiger partial charge in [0.15, 0.2) is 0 Å². The van der Waals surface area contributed by atoms with Gasteiger partial charge in [0.1, 0.15) is 6.10 Å². The van der Waals surface area contributed by atoms with Crippen LogP contribution in [0.4, 0.5) is 0 Å².